The Labute approximate surface area is 93.3 Å². The molecule has 0 radical (unpaired) electrons. The number of terminal acetylenes is 1. The Bertz CT molecular complexity index is 342. The monoisotopic (exact) mass is 223 g/mol. The molecule has 0 saturated carbocycles. The summed E-state index contributed by atoms with van der Waals surface area (Å²) in [5.74, 6) is 2.29. The van der Waals surface area contributed by atoms with E-state index in [9.17, 15) is 4.79 Å². The number of carbonyl (C=O) groups is 1. The highest BCUT2D eigenvalue weighted by atomic mass is 32.1. The molecule has 1 rings (SSSR count). The van der Waals surface area contributed by atoms with Gasteiger partial charge >= 0.3 is 0 Å². The maximum Gasteiger partial charge on any atom is 0.234 e. The summed E-state index contributed by atoms with van der Waals surface area (Å²) in [5.41, 5.74) is 2.76. The van der Waals surface area contributed by atoms with Crippen molar-refractivity contribution in [3.05, 3.63) is 16.6 Å². The van der Waals surface area contributed by atoms with Crippen LogP contribution in [0, 0.1) is 12.3 Å². The van der Waals surface area contributed by atoms with Crippen LogP contribution in [0.1, 0.15) is 5.69 Å². The van der Waals surface area contributed by atoms with E-state index in [1.165, 1.54) is 0 Å². The summed E-state index contributed by atoms with van der Waals surface area (Å²) in [7, 11) is 1.87. The normalized spacial score (nSPS) is 9.93. The molecule has 15 heavy (non-hydrogen) atoms. The van der Waals surface area contributed by atoms with Crippen LogP contribution in [-0.4, -0.2) is 35.9 Å². The zero-order valence-electron chi connectivity index (χ0n) is 8.56. The van der Waals surface area contributed by atoms with Gasteiger partial charge in [-0.1, -0.05) is 5.92 Å². The number of amides is 1. The summed E-state index contributed by atoms with van der Waals surface area (Å²) < 4.78 is 0. The van der Waals surface area contributed by atoms with Crippen molar-refractivity contribution in [1.29, 1.82) is 0 Å². The smallest absolute Gasteiger partial charge is 0.234 e. The van der Waals surface area contributed by atoms with Gasteiger partial charge < -0.3 is 5.32 Å². The fraction of sp³-hybridized carbons (Fsp3) is 0.400. The Morgan fingerprint density at radius 1 is 1.80 bits per heavy atom. The lowest BCUT2D eigenvalue weighted by Crippen LogP contribution is -2.35. The maximum atomic E-state index is 11.3. The van der Waals surface area contributed by atoms with Crippen LogP contribution in [-0.2, 0) is 11.3 Å². The lowest BCUT2D eigenvalue weighted by molar-refractivity contribution is -0.121. The molecule has 0 saturated heterocycles. The first-order valence-electron chi connectivity index (χ1n) is 4.48. The molecule has 0 bridgehead atoms. The molecule has 0 spiro atoms. The van der Waals surface area contributed by atoms with Crippen molar-refractivity contribution >= 4 is 17.2 Å². The number of nitrogens with zero attached hydrogens (tertiary/aromatic N) is 2. The van der Waals surface area contributed by atoms with Crippen LogP contribution in [0.5, 0.6) is 0 Å². The van der Waals surface area contributed by atoms with Crippen molar-refractivity contribution < 1.29 is 4.79 Å². The summed E-state index contributed by atoms with van der Waals surface area (Å²) in [6.07, 6.45) is 5.03. The molecule has 0 aliphatic rings. The molecule has 0 aromatic carbocycles. The molecule has 0 aliphatic heterocycles. The summed E-state index contributed by atoms with van der Waals surface area (Å²) >= 11 is 1.55. The molecule has 1 aromatic heterocycles. The van der Waals surface area contributed by atoms with Gasteiger partial charge in [0.15, 0.2) is 0 Å². The minimum atomic E-state index is -0.0642. The second-order valence-corrected chi connectivity index (χ2v) is 3.85. The van der Waals surface area contributed by atoms with Crippen LogP contribution < -0.4 is 5.32 Å². The Balaban J connectivity index is 2.27. The van der Waals surface area contributed by atoms with Crippen LogP contribution in [0.2, 0.25) is 0 Å². The first kappa shape index (κ1) is 11.7. The van der Waals surface area contributed by atoms with E-state index in [4.69, 9.17) is 6.42 Å². The Morgan fingerprint density at radius 2 is 2.60 bits per heavy atom. The minimum absolute atomic E-state index is 0.0642. The summed E-state index contributed by atoms with van der Waals surface area (Å²) in [6.45, 7) is 1.29. The Morgan fingerprint density at radius 3 is 3.20 bits per heavy atom. The number of hydrogen-bond donors (Lipinski definition) is 1. The van der Waals surface area contributed by atoms with Crippen LogP contribution >= 0.6 is 11.3 Å². The largest absolute Gasteiger partial charge is 0.344 e. The third kappa shape index (κ3) is 4.58. The van der Waals surface area contributed by atoms with Crippen LogP contribution in [0.15, 0.2) is 10.9 Å². The van der Waals surface area contributed by atoms with Crippen LogP contribution in [0.25, 0.3) is 0 Å². The number of thiazole rings is 1. The van der Waals surface area contributed by atoms with Gasteiger partial charge in [0.2, 0.25) is 5.91 Å². The van der Waals surface area contributed by atoms with E-state index in [-0.39, 0.29) is 12.5 Å². The number of rotatable bonds is 5. The fourth-order valence-corrected chi connectivity index (χ4v) is 1.65. The SMILES string of the molecule is C#CCNC(=O)CN(C)Cc1cscn1. The number of carbonyl (C=O) groups excluding carboxylic acids is 1. The van der Waals surface area contributed by atoms with Gasteiger partial charge in [-0.05, 0) is 7.05 Å². The highest BCUT2D eigenvalue weighted by Gasteiger charge is 2.06. The second kappa shape index (κ2) is 6.17. The van der Waals surface area contributed by atoms with E-state index in [1.54, 1.807) is 16.8 Å². The molecule has 0 aliphatic carbocycles. The highest BCUT2D eigenvalue weighted by molar-refractivity contribution is 7.07. The van der Waals surface area contributed by atoms with Gasteiger partial charge in [-0.25, -0.2) is 4.98 Å². The second-order valence-electron chi connectivity index (χ2n) is 3.13. The molecule has 1 N–H and O–H groups in total. The van der Waals surface area contributed by atoms with Crippen molar-refractivity contribution in [2.45, 2.75) is 6.54 Å². The molecule has 0 unspecified atom stereocenters. The van der Waals surface area contributed by atoms with E-state index in [2.05, 4.69) is 16.2 Å². The quantitative estimate of drug-likeness (QED) is 0.731. The Hall–Kier alpha value is -1.38. The first-order chi connectivity index (χ1) is 7.22. The molecule has 5 heteroatoms. The van der Waals surface area contributed by atoms with Crippen LogP contribution in [0.4, 0.5) is 0 Å². The highest BCUT2D eigenvalue weighted by Crippen LogP contribution is 2.03. The van der Waals surface area contributed by atoms with E-state index in [0.717, 1.165) is 5.69 Å². The topological polar surface area (TPSA) is 45.2 Å². The summed E-state index contributed by atoms with van der Waals surface area (Å²) in [5, 5.41) is 4.58. The lowest BCUT2D eigenvalue weighted by Gasteiger charge is -2.13. The molecular weight excluding hydrogens is 210 g/mol. The van der Waals surface area contributed by atoms with Gasteiger partial charge in [-0.3, -0.25) is 9.69 Å². The molecule has 1 amide bonds. The predicted octanol–water partition coefficient (Wildman–Crippen LogP) is 0.324. The third-order valence-electron chi connectivity index (χ3n) is 1.72. The van der Waals surface area contributed by atoms with Gasteiger partial charge in [-0.2, -0.15) is 0 Å². The van der Waals surface area contributed by atoms with Crippen molar-refractivity contribution in [1.82, 2.24) is 15.2 Å². The molecular formula is C10H13N3OS. The number of likely N-dealkylation sites (N-methyl/N-ethyl adjacent to an activating group) is 1. The fourth-order valence-electron chi connectivity index (χ4n) is 1.10. The molecule has 4 nitrogen and oxygen atoms in total. The zero-order valence-corrected chi connectivity index (χ0v) is 9.38. The average molecular weight is 223 g/mol. The van der Waals surface area contributed by atoms with Gasteiger partial charge in [0.25, 0.3) is 0 Å². The number of hydrogen-bond acceptors (Lipinski definition) is 4. The van der Waals surface area contributed by atoms with E-state index < -0.39 is 0 Å². The molecule has 1 aromatic rings. The van der Waals surface area contributed by atoms with Crippen molar-refractivity contribution in [2.75, 3.05) is 20.1 Å². The number of aromatic nitrogens is 1. The van der Waals surface area contributed by atoms with Gasteiger partial charge in [0.1, 0.15) is 0 Å². The van der Waals surface area contributed by atoms with Crippen molar-refractivity contribution in [3.8, 4) is 12.3 Å². The van der Waals surface area contributed by atoms with Gasteiger partial charge in [0.05, 0.1) is 24.3 Å². The number of nitrogens with one attached hydrogen (secondary N) is 1. The van der Waals surface area contributed by atoms with Gasteiger partial charge in [-0.15, -0.1) is 17.8 Å². The Kier molecular flexibility index (Phi) is 4.81. The lowest BCUT2D eigenvalue weighted by atomic mass is 10.4. The van der Waals surface area contributed by atoms with E-state index in [0.29, 0.717) is 13.1 Å². The van der Waals surface area contributed by atoms with E-state index in [1.807, 2.05) is 17.3 Å². The van der Waals surface area contributed by atoms with Crippen LogP contribution in [0.3, 0.4) is 0 Å². The summed E-state index contributed by atoms with van der Waals surface area (Å²) in [4.78, 5) is 17.3. The minimum Gasteiger partial charge on any atom is -0.344 e. The summed E-state index contributed by atoms with van der Waals surface area (Å²) in [6, 6.07) is 0. The third-order valence-corrected chi connectivity index (χ3v) is 2.35. The van der Waals surface area contributed by atoms with Crippen molar-refractivity contribution in [2.24, 2.45) is 0 Å². The molecule has 0 atom stereocenters. The molecule has 1 heterocycles. The average Bonchev–Trinajstić information content (AvgIpc) is 2.67. The van der Waals surface area contributed by atoms with Gasteiger partial charge in [0, 0.05) is 11.9 Å². The van der Waals surface area contributed by atoms with Crippen molar-refractivity contribution in [3.63, 3.8) is 0 Å². The maximum absolute atomic E-state index is 11.3. The van der Waals surface area contributed by atoms with E-state index >= 15 is 0 Å². The molecule has 80 valence electrons. The standard InChI is InChI=1S/C10H13N3OS/c1-3-4-11-10(14)6-13(2)5-9-7-15-8-12-9/h1,7-8H,4-6H2,2H3,(H,11,14). The first-order valence-corrected chi connectivity index (χ1v) is 5.42. The molecule has 0 fully saturated rings. The zero-order chi connectivity index (χ0) is 11.1. The predicted molar refractivity (Wildman–Crippen MR) is 60.3 cm³/mol.